The van der Waals surface area contributed by atoms with E-state index in [0.717, 1.165) is 98.6 Å². The van der Waals surface area contributed by atoms with Crippen molar-refractivity contribution >= 4 is 28.6 Å². The van der Waals surface area contributed by atoms with Gasteiger partial charge in [-0.3, -0.25) is 9.80 Å². The first kappa shape index (κ1) is 29.7. The summed E-state index contributed by atoms with van der Waals surface area (Å²) in [4.78, 5) is 19.5. The summed E-state index contributed by atoms with van der Waals surface area (Å²) in [5.41, 5.74) is 3.95. The minimum atomic E-state index is 0.439. The van der Waals surface area contributed by atoms with Crippen LogP contribution in [-0.2, 0) is 6.54 Å². The van der Waals surface area contributed by atoms with Crippen molar-refractivity contribution in [3.8, 4) is 17.2 Å². The van der Waals surface area contributed by atoms with Crippen LogP contribution in [0.2, 0.25) is 0 Å². The summed E-state index contributed by atoms with van der Waals surface area (Å²) in [7, 11) is 2.15. The van der Waals surface area contributed by atoms with Gasteiger partial charge >= 0.3 is 0 Å². The monoisotopic (exact) mass is 622 g/mol. The Morgan fingerprint density at radius 3 is 2.18 bits per heavy atom. The Labute approximate surface area is 268 Å². The summed E-state index contributed by atoms with van der Waals surface area (Å²) < 4.78 is 12.2. The first-order valence-electron chi connectivity index (χ1n) is 15.6. The summed E-state index contributed by atoms with van der Waals surface area (Å²) >= 11 is 1.37. The minimum absolute atomic E-state index is 0.439. The van der Waals surface area contributed by atoms with E-state index >= 15 is 0 Å². The number of nitrogens with zero attached hydrogens (tertiary/aromatic N) is 8. The number of anilines is 1. The van der Waals surface area contributed by atoms with E-state index in [-0.39, 0.29) is 0 Å². The molecule has 0 unspecified atom stereocenters. The summed E-state index contributed by atoms with van der Waals surface area (Å²) in [6, 6.07) is 26.5. The van der Waals surface area contributed by atoms with Crippen LogP contribution in [0.5, 0.6) is 5.75 Å². The zero-order chi connectivity index (χ0) is 30.4. The molecule has 0 amide bonds. The zero-order valence-corrected chi connectivity index (χ0v) is 26.4. The molecule has 232 valence electrons. The van der Waals surface area contributed by atoms with Gasteiger partial charge in [-0.2, -0.15) is 0 Å². The van der Waals surface area contributed by atoms with Gasteiger partial charge in [-0.25, -0.2) is 9.97 Å². The molecular weight excluding hydrogens is 584 g/mol. The Morgan fingerprint density at radius 1 is 0.733 bits per heavy atom. The maximum absolute atomic E-state index is 6.09. The molecule has 2 aliphatic rings. The van der Waals surface area contributed by atoms with Crippen molar-refractivity contribution in [2.24, 2.45) is 0 Å². The minimum Gasteiger partial charge on any atom is -0.492 e. The standard InChI is InChI=1S/C34H38N8O2S/c1-39-15-21-42(22-16-39)31-33(36-30-10-6-5-9-29(30)35-31)45-34-38-37-32(44-34)27-11-13-28(14-12-27)43-24-23-40-17-19-41(20-18-40)25-26-7-3-2-4-8-26/h2-14H,15-25H2,1H3. The molecule has 7 rings (SSSR count). The number of para-hydroxylation sites is 2. The average molecular weight is 623 g/mol. The van der Waals surface area contributed by atoms with Crippen LogP contribution in [0.3, 0.4) is 0 Å². The summed E-state index contributed by atoms with van der Waals surface area (Å²) in [5.74, 6) is 2.16. The third-order valence-electron chi connectivity index (χ3n) is 8.41. The summed E-state index contributed by atoms with van der Waals surface area (Å²) in [5, 5.41) is 9.87. The van der Waals surface area contributed by atoms with Crippen LogP contribution in [0.25, 0.3) is 22.5 Å². The Hall–Kier alpha value is -4.03. The topological polar surface area (TPSA) is 86.9 Å². The lowest BCUT2D eigenvalue weighted by Crippen LogP contribution is -2.47. The van der Waals surface area contributed by atoms with Gasteiger partial charge in [0.15, 0.2) is 5.82 Å². The van der Waals surface area contributed by atoms with E-state index in [4.69, 9.17) is 19.1 Å². The predicted octanol–water partition coefficient (Wildman–Crippen LogP) is 4.78. The second-order valence-electron chi connectivity index (χ2n) is 11.6. The fourth-order valence-corrected chi connectivity index (χ4v) is 6.49. The molecule has 3 aromatic carbocycles. The van der Waals surface area contributed by atoms with Crippen LogP contribution in [0, 0.1) is 0 Å². The predicted molar refractivity (Wildman–Crippen MR) is 177 cm³/mol. The number of fused-ring (bicyclic) bond motifs is 1. The van der Waals surface area contributed by atoms with Gasteiger partial charge < -0.3 is 19.0 Å². The zero-order valence-electron chi connectivity index (χ0n) is 25.6. The first-order chi connectivity index (χ1) is 22.2. The lowest BCUT2D eigenvalue weighted by atomic mass is 10.2. The van der Waals surface area contributed by atoms with Crippen LogP contribution >= 0.6 is 11.8 Å². The Morgan fingerprint density at radius 2 is 1.42 bits per heavy atom. The van der Waals surface area contributed by atoms with Crippen molar-refractivity contribution in [2.45, 2.75) is 16.8 Å². The highest BCUT2D eigenvalue weighted by atomic mass is 32.2. The second kappa shape index (κ2) is 13.9. The quantitative estimate of drug-likeness (QED) is 0.216. The van der Waals surface area contributed by atoms with Crippen LogP contribution < -0.4 is 9.64 Å². The number of hydrogen-bond donors (Lipinski definition) is 0. The number of hydrogen-bond acceptors (Lipinski definition) is 11. The lowest BCUT2D eigenvalue weighted by molar-refractivity contribution is 0.112. The van der Waals surface area contributed by atoms with Crippen LogP contribution in [0.1, 0.15) is 5.56 Å². The molecule has 5 aromatic rings. The fraction of sp³-hybridized carbons (Fsp3) is 0.353. The van der Waals surface area contributed by atoms with E-state index in [0.29, 0.717) is 17.7 Å². The van der Waals surface area contributed by atoms with Gasteiger partial charge in [0.1, 0.15) is 17.4 Å². The van der Waals surface area contributed by atoms with Crippen LogP contribution in [0.15, 0.2) is 93.5 Å². The van der Waals surface area contributed by atoms with Gasteiger partial charge in [0.2, 0.25) is 5.89 Å². The molecule has 11 heteroatoms. The van der Waals surface area contributed by atoms with Gasteiger partial charge in [0, 0.05) is 71.0 Å². The van der Waals surface area contributed by atoms with Crippen molar-refractivity contribution in [3.05, 3.63) is 84.4 Å². The molecule has 0 N–H and O–H groups in total. The van der Waals surface area contributed by atoms with Crippen molar-refractivity contribution in [1.29, 1.82) is 0 Å². The maximum Gasteiger partial charge on any atom is 0.283 e. The van der Waals surface area contributed by atoms with E-state index < -0.39 is 0 Å². The number of rotatable bonds is 10. The van der Waals surface area contributed by atoms with Crippen molar-refractivity contribution in [1.82, 2.24) is 34.9 Å². The third kappa shape index (κ3) is 7.45. The van der Waals surface area contributed by atoms with Gasteiger partial charge in [0.05, 0.1) is 11.0 Å². The SMILES string of the molecule is CN1CCN(c2nc3ccccc3nc2Sc2nnc(-c3ccc(OCCN4CCN(Cc5ccccc5)CC4)cc3)o2)CC1. The maximum atomic E-state index is 6.09. The molecule has 0 aliphatic carbocycles. The van der Waals surface area contributed by atoms with E-state index in [2.05, 4.69) is 67.2 Å². The summed E-state index contributed by atoms with van der Waals surface area (Å²) in [6.07, 6.45) is 0. The molecule has 2 aromatic heterocycles. The Kier molecular flexibility index (Phi) is 9.20. The molecule has 0 radical (unpaired) electrons. The molecule has 2 saturated heterocycles. The van der Waals surface area contributed by atoms with Gasteiger partial charge in [0.25, 0.3) is 5.22 Å². The first-order valence-corrected chi connectivity index (χ1v) is 16.4. The Balaban J connectivity index is 0.933. The molecule has 0 saturated carbocycles. The van der Waals surface area contributed by atoms with Crippen molar-refractivity contribution in [2.75, 3.05) is 77.5 Å². The van der Waals surface area contributed by atoms with Crippen LogP contribution in [-0.4, -0.2) is 107 Å². The molecular formula is C34H38N8O2S. The number of piperazine rings is 2. The van der Waals surface area contributed by atoms with E-state index in [1.165, 1.54) is 17.3 Å². The van der Waals surface area contributed by atoms with E-state index in [1.54, 1.807) is 0 Å². The van der Waals surface area contributed by atoms with Gasteiger partial charge in [-0.15, -0.1) is 10.2 Å². The number of ether oxygens (including phenoxy) is 1. The largest absolute Gasteiger partial charge is 0.492 e. The number of aromatic nitrogens is 4. The fourth-order valence-electron chi connectivity index (χ4n) is 5.72. The number of benzene rings is 3. The molecule has 0 spiro atoms. The molecule has 0 atom stereocenters. The smallest absolute Gasteiger partial charge is 0.283 e. The van der Waals surface area contributed by atoms with Crippen molar-refractivity contribution < 1.29 is 9.15 Å². The second-order valence-corrected chi connectivity index (χ2v) is 12.5. The van der Waals surface area contributed by atoms with Gasteiger partial charge in [-0.1, -0.05) is 42.5 Å². The Bertz CT molecular complexity index is 1680. The third-order valence-corrected chi connectivity index (χ3v) is 9.21. The average Bonchev–Trinajstić information content (AvgIpc) is 3.55. The highest BCUT2D eigenvalue weighted by Crippen LogP contribution is 2.35. The molecule has 2 aliphatic heterocycles. The highest BCUT2D eigenvalue weighted by Gasteiger charge is 2.23. The normalized spacial score (nSPS) is 16.8. The van der Waals surface area contributed by atoms with Crippen LogP contribution in [0.4, 0.5) is 5.82 Å². The van der Waals surface area contributed by atoms with E-state index in [9.17, 15) is 0 Å². The molecule has 0 bridgehead atoms. The summed E-state index contributed by atoms with van der Waals surface area (Å²) in [6.45, 7) is 10.6. The highest BCUT2D eigenvalue weighted by molar-refractivity contribution is 7.99. The molecule has 45 heavy (non-hydrogen) atoms. The lowest BCUT2D eigenvalue weighted by Gasteiger charge is -2.34. The number of likely N-dealkylation sites (N-methyl/N-ethyl adjacent to an activating group) is 1. The molecule has 4 heterocycles. The van der Waals surface area contributed by atoms with Gasteiger partial charge in [-0.05, 0) is 60.8 Å². The molecule has 2 fully saturated rings. The molecule has 10 nitrogen and oxygen atoms in total. The van der Waals surface area contributed by atoms with E-state index in [1.807, 2.05) is 48.5 Å². The van der Waals surface area contributed by atoms with Crippen molar-refractivity contribution in [3.63, 3.8) is 0 Å².